The van der Waals surface area contributed by atoms with Crippen molar-refractivity contribution in [2.45, 2.75) is 20.4 Å². The highest BCUT2D eigenvalue weighted by atomic mass is 19.2. The van der Waals surface area contributed by atoms with Crippen LogP contribution in [0.2, 0.25) is 0 Å². The molecule has 2 aromatic carbocycles. The van der Waals surface area contributed by atoms with Gasteiger partial charge in [0.25, 0.3) is 5.91 Å². The lowest BCUT2D eigenvalue weighted by Crippen LogP contribution is -2.50. The van der Waals surface area contributed by atoms with Gasteiger partial charge < -0.3 is 14.0 Å². The lowest BCUT2D eigenvalue weighted by molar-refractivity contribution is 0.0841. The Morgan fingerprint density at radius 1 is 1.08 bits per heavy atom. The van der Waals surface area contributed by atoms with Crippen LogP contribution in [0.3, 0.4) is 0 Å². The van der Waals surface area contributed by atoms with Crippen molar-refractivity contribution in [3.8, 4) is 22.9 Å². The second-order valence-corrected chi connectivity index (χ2v) is 8.21. The fraction of sp³-hybridized carbons (Fsp3) is 0.320. The highest BCUT2D eigenvalue weighted by molar-refractivity contribution is 6.18. The largest absolute Gasteiger partial charge is 0.494 e. The number of aliphatic imine (C=N–C) groups is 1. The molecular formula is C25H24F3N5O3. The average molecular weight is 499 g/mol. The van der Waals surface area contributed by atoms with Crippen LogP contribution in [0.25, 0.3) is 11.4 Å². The molecule has 0 aliphatic carbocycles. The molecule has 0 bridgehead atoms. The quantitative estimate of drug-likeness (QED) is 0.490. The van der Waals surface area contributed by atoms with Crippen LogP contribution in [0.4, 0.5) is 19.0 Å². The third kappa shape index (κ3) is 3.66. The van der Waals surface area contributed by atoms with E-state index in [0.29, 0.717) is 48.4 Å². The summed E-state index contributed by atoms with van der Waals surface area (Å²) < 4.78 is 55.2. The number of imidazole rings is 1. The van der Waals surface area contributed by atoms with Crippen LogP contribution in [0.15, 0.2) is 35.3 Å². The molecule has 188 valence electrons. The van der Waals surface area contributed by atoms with E-state index in [1.165, 1.54) is 31.4 Å². The zero-order valence-corrected chi connectivity index (χ0v) is 20.0. The van der Waals surface area contributed by atoms with E-state index in [4.69, 9.17) is 9.47 Å². The van der Waals surface area contributed by atoms with Crippen LogP contribution >= 0.6 is 0 Å². The molecule has 0 spiro atoms. The van der Waals surface area contributed by atoms with Gasteiger partial charge in [0.2, 0.25) is 11.8 Å². The van der Waals surface area contributed by atoms with Crippen LogP contribution in [-0.4, -0.2) is 59.7 Å². The van der Waals surface area contributed by atoms with Gasteiger partial charge in [0.15, 0.2) is 28.8 Å². The normalized spacial score (nSPS) is 14.6. The molecule has 0 atom stereocenters. The summed E-state index contributed by atoms with van der Waals surface area (Å²) in [5.74, 6) is -1.88. The number of ether oxygens (including phenoxy) is 2. The van der Waals surface area contributed by atoms with Crippen molar-refractivity contribution in [3.05, 3.63) is 59.0 Å². The number of anilines is 1. The van der Waals surface area contributed by atoms with Crippen molar-refractivity contribution in [1.82, 2.24) is 14.5 Å². The number of nitrogens with zero attached hydrogens (tertiary/aromatic N) is 5. The molecule has 1 aromatic heterocycles. The summed E-state index contributed by atoms with van der Waals surface area (Å²) in [5, 5.41) is 0. The molecule has 5 rings (SSSR count). The fourth-order valence-corrected chi connectivity index (χ4v) is 4.57. The Balaban J connectivity index is 1.74. The Kier molecular flexibility index (Phi) is 6.07. The van der Waals surface area contributed by atoms with Gasteiger partial charge in [-0.05, 0) is 38.1 Å². The number of amides is 1. The van der Waals surface area contributed by atoms with Gasteiger partial charge in [-0.1, -0.05) is 6.07 Å². The van der Waals surface area contributed by atoms with Gasteiger partial charge in [-0.15, -0.1) is 0 Å². The van der Waals surface area contributed by atoms with Crippen LogP contribution in [0.1, 0.15) is 29.9 Å². The van der Waals surface area contributed by atoms with E-state index in [0.717, 1.165) is 6.07 Å². The van der Waals surface area contributed by atoms with E-state index < -0.39 is 17.5 Å². The molecule has 11 heteroatoms. The molecule has 0 fully saturated rings. The van der Waals surface area contributed by atoms with E-state index in [9.17, 15) is 18.0 Å². The highest BCUT2D eigenvalue weighted by Crippen LogP contribution is 2.38. The molecule has 3 aromatic rings. The zero-order chi connectivity index (χ0) is 25.6. The van der Waals surface area contributed by atoms with Gasteiger partial charge in [0, 0.05) is 24.2 Å². The Hall–Kier alpha value is -4.02. The van der Waals surface area contributed by atoms with Crippen molar-refractivity contribution in [1.29, 1.82) is 0 Å². The molecule has 0 radical (unpaired) electrons. The first-order valence-electron chi connectivity index (χ1n) is 11.6. The summed E-state index contributed by atoms with van der Waals surface area (Å²) in [5.41, 5.74) is 1.03. The molecule has 0 N–H and O–H groups in total. The maximum Gasteiger partial charge on any atom is 0.283 e. The number of halogens is 3. The maximum absolute atomic E-state index is 14.7. The standard InChI is InChI=1S/C25H24F3N5O3/c1-4-31-24(34)20-23(32-11-10-29-25(31)32)33(13-15-7-9-17(27)19(28)21(15)36-5-2)22(30-20)14-6-8-16(26)18(12-14)35-3/h6-9,12H,4-5,10-11,13H2,1-3H3. The Morgan fingerprint density at radius 2 is 1.86 bits per heavy atom. The minimum Gasteiger partial charge on any atom is -0.494 e. The summed E-state index contributed by atoms with van der Waals surface area (Å²) in [6.07, 6.45) is 0. The van der Waals surface area contributed by atoms with E-state index >= 15 is 0 Å². The number of hydrogen-bond acceptors (Lipinski definition) is 6. The molecule has 0 saturated carbocycles. The highest BCUT2D eigenvalue weighted by Gasteiger charge is 2.41. The minimum absolute atomic E-state index is 0.00702. The lowest BCUT2D eigenvalue weighted by atomic mass is 10.1. The SMILES string of the molecule is CCOc1c(Cn2c(-c3ccc(F)c(OC)c3)nc3c2N2CCN=C2N(CC)C3=O)ccc(F)c1F. The maximum atomic E-state index is 14.7. The summed E-state index contributed by atoms with van der Waals surface area (Å²) in [4.78, 5) is 26.0. The van der Waals surface area contributed by atoms with Gasteiger partial charge in [-0.25, -0.2) is 13.8 Å². The van der Waals surface area contributed by atoms with Crippen LogP contribution in [0, 0.1) is 17.5 Å². The van der Waals surface area contributed by atoms with E-state index in [-0.39, 0.29) is 36.3 Å². The predicted octanol–water partition coefficient (Wildman–Crippen LogP) is 4.07. The van der Waals surface area contributed by atoms with Crippen LogP contribution in [-0.2, 0) is 6.54 Å². The van der Waals surface area contributed by atoms with E-state index in [2.05, 4.69) is 9.98 Å². The Labute approximate surface area is 205 Å². The second kappa shape index (κ2) is 9.21. The minimum atomic E-state index is -1.09. The number of benzene rings is 2. The molecule has 1 amide bonds. The van der Waals surface area contributed by atoms with Gasteiger partial charge in [-0.2, -0.15) is 4.39 Å². The van der Waals surface area contributed by atoms with Crippen LogP contribution in [0.5, 0.6) is 11.5 Å². The monoisotopic (exact) mass is 499 g/mol. The van der Waals surface area contributed by atoms with Crippen molar-refractivity contribution in [2.24, 2.45) is 4.99 Å². The third-order valence-corrected chi connectivity index (χ3v) is 6.18. The topological polar surface area (TPSA) is 72.2 Å². The molecule has 0 unspecified atom stereocenters. The third-order valence-electron chi connectivity index (χ3n) is 6.18. The van der Waals surface area contributed by atoms with Crippen molar-refractivity contribution in [3.63, 3.8) is 0 Å². The number of guanidine groups is 1. The van der Waals surface area contributed by atoms with E-state index in [1.807, 2.05) is 11.8 Å². The summed E-state index contributed by atoms with van der Waals surface area (Å²) in [6, 6.07) is 6.72. The van der Waals surface area contributed by atoms with Gasteiger partial charge in [0.05, 0.1) is 26.8 Å². The number of hydrogen-bond donors (Lipinski definition) is 0. The van der Waals surface area contributed by atoms with Crippen LogP contribution < -0.4 is 14.4 Å². The smallest absolute Gasteiger partial charge is 0.283 e. The number of methoxy groups -OCH3 is 1. The van der Waals surface area contributed by atoms with Crippen molar-refractivity contribution < 1.29 is 27.4 Å². The molecule has 2 aliphatic heterocycles. The molecule has 3 heterocycles. The number of carbonyl (C=O) groups is 1. The number of fused-ring (bicyclic) bond motifs is 3. The van der Waals surface area contributed by atoms with E-state index in [1.54, 1.807) is 16.4 Å². The summed E-state index contributed by atoms with van der Waals surface area (Å²) in [7, 11) is 1.35. The first-order chi connectivity index (χ1) is 17.4. The summed E-state index contributed by atoms with van der Waals surface area (Å²) >= 11 is 0. The summed E-state index contributed by atoms with van der Waals surface area (Å²) in [6.45, 7) is 5.06. The molecule has 2 aliphatic rings. The van der Waals surface area contributed by atoms with Gasteiger partial charge in [0.1, 0.15) is 11.6 Å². The number of aromatic nitrogens is 2. The molecular weight excluding hydrogens is 475 g/mol. The molecule has 8 nitrogen and oxygen atoms in total. The second-order valence-electron chi connectivity index (χ2n) is 8.21. The average Bonchev–Trinajstić information content (AvgIpc) is 3.50. The fourth-order valence-electron chi connectivity index (χ4n) is 4.57. The molecule has 0 saturated heterocycles. The van der Waals surface area contributed by atoms with Gasteiger partial charge in [-0.3, -0.25) is 19.6 Å². The molecule has 36 heavy (non-hydrogen) atoms. The number of carbonyl (C=O) groups excluding carboxylic acids is 1. The zero-order valence-electron chi connectivity index (χ0n) is 20.0. The number of rotatable bonds is 7. The predicted molar refractivity (Wildman–Crippen MR) is 127 cm³/mol. The first kappa shape index (κ1) is 23.7. The van der Waals surface area contributed by atoms with Crippen molar-refractivity contribution >= 4 is 17.7 Å². The first-order valence-corrected chi connectivity index (χ1v) is 11.6. The Morgan fingerprint density at radius 3 is 2.58 bits per heavy atom. The van der Waals surface area contributed by atoms with Crippen molar-refractivity contribution in [2.75, 3.05) is 38.3 Å². The lowest BCUT2D eigenvalue weighted by Gasteiger charge is -2.33. The Bertz CT molecular complexity index is 1390. The van der Waals surface area contributed by atoms with Gasteiger partial charge >= 0.3 is 0 Å².